The van der Waals surface area contributed by atoms with E-state index in [0.29, 0.717) is 17.6 Å². The lowest BCUT2D eigenvalue weighted by Gasteiger charge is -2.55. The first kappa shape index (κ1) is 11.4. The zero-order chi connectivity index (χ0) is 10.9. The van der Waals surface area contributed by atoms with E-state index in [9.17, 15) is 0 Å². The van der Waals surface area contributed by atoms with Gasteiger partial charge in [0.25, 0.3) is 0 Å². The highest BCUT2D eigenvalue weighted by Gasteiger charge is 2.56. The molecule has 2 nitrogen and oxygen atoms in total. The van der Waals surface area contributed by atoms with Crippen LogP contribution in [0.4, 0.5) is 0 Å². The molecule has 2 heteroatoms. The summed E-state index contributed by atoms with van der Waals surface area (Å²) in [5.41, 5.74) is 0.500. The molecule has 2 fully saturated rings. The van der Waals surface area contributed by atoms with Crippen LogP contribution in [0.15, 0.2) is 0 Å². The lowest BCUT2D eigenvalue weighted by Crippen LogP contribution is -2.63. The lowest BCUT2D eigenvalue weighted by atomic mass is 9.60. The molecule has 2 rings (SSSR count). The quantitative estimate of drug-likeness (QED) is 0.772. The van der Waals surface area contributed by atoms with Crippen LogP contribution in [0.1, 0.15) is 52.9 Å². The van der Waals surface area contributed by atoms with Crippen LogP contribution in [0, 0.1) is 5.41 Å². The fourth-order valence-electron chi connectivity index (χ4n) is 3.50. The maximum absolute atomic E-state index is 6.06. The molecule has 0 aromatic heterocycles. The van der Waals surface area contributed by atoms with Crippen molar-refractivity contribution in [3.05, 3.63) is 0 Å². The summed E-state index contributed by atoms with van der Waals surface area (Å²) in [4.78, 5) is 0. The third-order valence-electron chi connectivity index (χ3n) is 4.21. The molecule has 0 heterocycles. The summed E-state index contributed by atoms with van der Waals surface area (Å²) in [6, 6.07) is 0.730. The van der Waals surface area contributed by atoms with Crippen LogP contribution in [0.3, 0.4) is 0 Å². The van der Waals surface area contributed by atoms with Crippen LogP contribution in [-0.4, -0.2) is 24.8 Å². The largest absolute Gasteiger partial charge is 0.375 e. The number of hydrogen-bond donors (Lipinski definition) is 1. The number of rotatable bonds is 4. The smallest absolute Gasteiger partial charge is 0.0664 e. The molecule has 2 aliphatic carbocycles. The van der Waals surface area contributed by atoms with Gasteiger partial charge in [0, 0.05) is 11.5 Å². The Balaban J connectivity index is 1.98. The number of hydrogen-bond acceptors (Lipinski definition) is 2. The highest BCUT2D eigenvalue weighted by Crippen LogP contribution is 2.54. The van der Waals surface area contributed by atoms with E-state index in [0.717, 1.165) is 12.6 Å². The normalized spacial score (nSPS) is 33.6. The summed E-state index contributed by atoms with van der Waals surface area (Å²) in [5, 5.41) is 3.64. The molecule has 0 aliphatic heterocycles. The second-order valence-corrected chi connectivity index (χ2v) is 5.46. The van der Waals surface area contributed by atoms with Gasteiger partial charge >= 0.3 is 0 Å². The highest BCUT2D eigenvalue weighted by atomic mass is 16.5. The van der Waals surface area contributed by atoms with Crippen LogP contribution in [0.5, 0.6) is 0 Å². The first-order chi connectivity index (χ1) is 7.19. The summed E-state index contributed by atoms with van der Waals surface area (Å²) in [7, 11) is 0. The van der Waals surface area contributed by atoms with Crippen molar-refractivity contribution in [2.75, 3.05) is 6.54 Å². The van der Waals surface area contributed by atoms with Gasteiger partial charge in [-0.15, -0.1) is 0 Å². The standard InChI is InChI=1S/C13H25NO/c1-4-14-11-9-12(15-10(2)3)13(11)7-5-6-8-13/h10-12,14H,4-9H2,1-3H3. The number of ether oxygens (including phenoxy) is 1. The summed E-state index contributed by atoms with van der Waals surface area (Å²) < 4.78 is 6.06. The van der Waals surface area contributed by atoms with Gasteiger partial charge in [-0.3, -0.25) is 0 Å². The van der Waals surface area contributed by atoms with Crippen molar-refractivity contribution < 1.29 is 4.74 Å². The van der Waals surface area contributed by atoms with Crippen molar-refractivity contribution in [2.45, 2.75) is 71.1 Å². The van der Waals surface area contributed by atoms with Gasteiger partial charge in [0.05, 0.1) is 12.2 Å². The molecule has 0 aromatic carbocycles. The predicted octanol–water partition coefficient (Wildman–Crippen LogP) is 2.72. The van der Waals surface area contributed by atoms with Crippen molar-refractivity contribution in [1.29, 1.82) is 0 Å². The van der Waals surface area contributed by atoms with Crippen molar-refractivity contribution in [3.8, 4) is 0 Å². The molecule has 0 amide bonds. The fraction of sp³-hybridized carbons (Fsp3) is 1.00. The van der Waals surface area contributed by atoms with E-state index in [1.54, 1.807) is 0 Å². The van der Waals surface area contributed by atoms with Crippen molar-refractivity contribution in [1.82, 2.24) is 5.32 Å². The van der Waals surface area contributed by atoms with Crippen molar-refractivity contribution >= 4 is 0 Å². The van der Waals surface area contributed by atoms with Gasteiger partial charge in [-0.2, -0.15) is 0 Å². The Hall–Kier alpha value is -0.0800. The van der Waals surface area contributed by atoms with Gasteiger partial charge in [-0.1, -0.05) is 19.8 Å². The monoisotopic (exact) mass is 211 g/mol. The number of nitrogens with one attached hydrogen (secondary N) is 1. The van der Waals surface area contributed by atoms with E-state index in [1.807, 2.05) is 0 Å². The Labute approximate surface area is 93.8 Å². The van der Waals surface area contributed by atoms with Crippen molar-refractivity contribution in [3.63, 3.8) is 0 Å². The Bertz CT molecular complexity index is 209. The summed E-state index contributed by atoms with van der Waals surface area (Å²) in [5.74, 6) is 0. The molecule has 1 spiro atoms. The van der Waals surface area contributed by atoms with Crippen LogP contribution >= 0.6 is 0 Å². The van der Waals surface area contributed by atoms with Crippen LogP contribution in [0.25, 0.3) is 0 Å². The van der Waals surface area contributed by atoms with E-state index in [1.165, 1.54) is 32.1 Å². The van der Waals surface area contributed by atoms with Crippen LogP contribution in [-0.2, 0) is 4.74 Å². The third kappa shape index (κ3) is 1.94. The van der Waals surface area contributed by atoms with Gasteiger partial charge in [0.15, 0.2) is 0 Å². The Morgan fingerprint density at radius 3 is 2.53 bits per heavy atom. The molecule has 0 radical (unpaired) electrons. The van der Waals surface area contributed by atoms with Gasteiger partial charge in [0.2, 0.25) is 0 Å². The summed E-state index contributed by atoms with van der Waals surface area (Å²) in [6.07, 6.45) is 7.70. The van der Waals surface area contributed by atoms with Crippen LogP contribution in [0.2, 0.25) is 0 Å². The molecule has 2 saturated carbocycles. The van der Waals surface area contributed by atoms with E-state index in [4.69, 9.17) is 4.74 Å². The molecule has 1 N–H and O–H groups in total. The third-order valence-corrected chi connectivity index (χ3v) is 4.21. The molecular weight excluding hydrogens is 186 g/mol. The zero-order valence-electron chi connectivity index (χ0n) is 10.4. The topological polar surface area (TPSA) is 21.3 Å². The van der Waals surface area contributed by atoms with E-state index in [-0.39, 0.29) is 0 Å². The SMILES string of the molecule is CCNC1CC(OC(C)C)C12CCCC2. The van der Waals surface area contributed by atoms with Crippen molar-refractivity contribution in [2.24, 2.45) is 5.41 Å². The first-order valence-corrected chi connectivity index (χ1v) is 6.58. The molecule has 2 unspecified atom stereocenters. The maximum Gasteiger partial charge on any atom is 0.0664 e. The molecule has 2 atom stereocenters. The highest BCUT2D eigenvalue weighted by molar-refractivity contribution is 5.09. The molecule has 0 aromatic rings. The molecule has 0 saturated heterocycles. The minimum Gasteiger partial charge on any atom is -0.375 e. The summed E-state index contributed by atoms with van der Waals surface area (Å²) in [6.45, 7) is 7.62. The van der Waals surface area contributed by atoms with Gasteiger partial charge < -0.3 is 10.1 Å². The summed E-state index contributed by atoms with van der Waals surface area (Å²) >= 11 is 0. The average molecular weight is 211 g/mol. The first-order valence-electron chi connectivity index (χ1n) is 6.58. The maximum atomic E-state index is 6.06. The molecule has 88 valence electrons. The van der Waals surface area contributed by atoms with Gasteiger partial charge in [-0.05, 0) is 39.7 Å². The minimum atomic E-state index is 0.384. The van der Waals surface area contributed by atoms with E-state index >= 15 is 0 Å². The Morgan fingerprint density at radius 1 is 1.33 bits per heavy atom. The van der Waals surface area contributed by atoms with E-state index < -0.39 is 0 Å². The second kappa shape index (κ2) is 4.42. The second-order valence-electron chi connectivity index (χ2n) is 5.46. The van der Waals surface area contributed by atoms with Gasteiger partial charge in [-0.25, -0.2) is 0 Å². The fourth-order valence-corrected chi connectivity index (χ4v) is 3.50. The van der Waals surface area contributed by atoms with Crippen LogP contribution < -0.4 is 5.32 Å². The molecule has 2 aliphatic rings. The Kier molecular flexibility index (Phi) is 3.36. The lowest BCUT2D eigenvalue weighted by molar-refractivity contribution is -0.152. The van der Waals surface area contributed by atoms with Gasteiger partial charge in [0.1, 0.15) is 0 Å². The zero-order valence-corrected chi connectivity index (χ0v) is 10.4. The predicted molar refractivity (Wildman–Crippen MR) is 63.0 cm³/mol. The molecule has 15 heavy (non-hydrogen) atoms. The molecular formula is C13H25NO. The van der Waals surface area contributed by atoms with E-state index in [2.05, 4.69) is 26.1 Å². The molecule has 0 bridgehead atoms. The Morgan fingerprint density at radius 2 is 2.00 bits per heavy atom. The minimum absolute atomic E-state index is 0.384. The average Bonchev–Trinajstić information content (AvgIpc) is 2.67.